The molecule has 9 nitrogen and oxygen atoms in total. The molecule has 0 spiro atoms. The molecule has 11 heteroatoms. The minimum absolute atomic E-state index is 0.198. The average Bonchev–Trinajstić information content (AvgIpc) is 2.69. The Morgan fingerprint density at radius 3 is 2.71 bits per heavy atom. The largest absolute Gasteiger partial charge is 0.418 e. The molecule has 0 aliphatic rings. The van der Waals surface area contributed by atoms with Gasteiger partial charge >= 0.3 is 11.7 Å². The number of benzene rings is 2. The SMILES string of the molecule is CCCc1nc2ccc(Br)cc2c(=O)n1N=Cc1cc(Br)c(OC(C)=O)c([N+](=O)[O-])c1. The van der Waals surface area contributed by atoms with E-state index in [9.17, 15) is 19.7 Å². The number of fused-ring (bicyclic) bond motifs is 1. The number of aromatic nitrogens is 2. The number of nitrogens with zero attached hydrogens (tertiary/aromatic N) is 4. The summed E-state index contributed by atoms with van der Waals surface area (Å²) in [5.41, 5.74) is 0.134. The van der Waals surface area contributed by atoms with E-state index in [0.717, 1.165) is 17.8 Å². The van der Waals surface area contributed by atoms with Crippen molar-refractivity contribution in [1.82, 2.24) is 9.66 Å². The van der Waals surface area contributed by atoms with Gasteiger partial charge in [-0.1, -0.05) is 22.9 Å². The Morgan fingerprint density at radius 1 is 1.32 bits per heavy atom. The monoisotopic (exact) mass is 550 g/mol. The molecule has 3 rings (SSSR count). The highest BCUT2D eigenvalue weighted by atomic mass is 79.9. The Bertz CT molecular complexity index is 1290. The predicted molar refractivity (Wildman–Crippen MR) is 123 cm³/mol. The first-order valence-electron chi connectivity index (χ1n) is 9.13. The number of nitro groups is 1. The molecule has 0 fully saturated rings. The van der Waals surface area contributed by atoms with Crippen LogP contribution in [0.1, 0.15) is 31.7 Å². The zero-order valence-corrected chi connectivity index (χ0v) is 19.6. The summed E-state index contributed by atoms with van der Waals surface area (Å²) in [6.07, 6.45) is 2.59. The molecule has 31 heavy (non-hydrogen) atoms. The van der Waals surface area contributed by atoms with E-state index in [0.29, 0.717) is 28.7 Å². The maximum Gasteiger partial charge on any atom is 0.313 e. The molecule has 0 saturated carbocycles. The van der Waals surface area contributed by atoms with Gasteiger partial charge in [-0.25, -0.2) is 4.98 Å². The standard InChI is InChI=1S/C20H16Br2N4O5/c1-3-4-18-24-16-6-5-13(21)9-14(16)20(28)25(18)23-10-12-7-15(22)19(31-11(2)27)17(8-12)26(29)30/h5-10H,3-4H2,1-2H3. The van der Waals surface area contributed by atoms with Crippen molar-refractivity contribution < 1.29 is 14.5 Å². The summed E-state index contributed by atoms with van der Waals surface area (Å²) in [7, 11) is 0. The van der Waals surface area contributed by atoms with Crippen molar-refractivity contribution in [2.75, 3.05) is 0 Å². The maximum atomic E-state index is 13.0. The van der Waals surface area contributed by atoms with Gasteiger partial charge in [0.15, 0.2) is 0 Å². The number of hydrogen-bond acceptors (Lipinski definition) is 7. The van der Waals surface area contributed by atoms with E-state index in [1.807, 2.05) is 6.92 Å². The number of aryl methyl sites for hydroxylation is 1. The summed E-state index contributed by atoms with van der Waals surface area (Å²) in [5, 5.41) is 16.1. The zero-order valence-electron chi connectivity index (χ0n) is 16.5. The normalized spacial score (nSPS) is 11.2. The van der Waals surface area contributed by atoms with Gasteiger partial charge in [0.25, 0.3) is 5.56 Å². The average molecular weight is 552 g/mol. The number of carbonyl (C=O) groups excluding carboxylic acids is 1. The van der Waals surface area contributed by atoms with Crippen LogP contribution in [0.4, 0.5) is 5.69 Å². The van der Waals surface area contributed by atoms with Crippen molar-refractivity contribution in [2.24, 2.45) is 5.10 Å². The fourth-order valence-corrected chi connectivity index (χ4v) is 3.79. The maximum absolute atomic E-state index is 13.0. The molecule has 2 aromatic carbocycles. The van der Waals surface area contributed by atoms with Crippen molar-refractivity contribution in [3.63, 3.8) is 0 Å². The highest BCUT2D eigenvalue weighted by Crippen LogP contribution is 2.36. The molecule has 3 aromatic rings. The lowest BCUT2D eigenvalue weighted by Crippen LogP contribution is -2.22. The molecule has 0 N–H and O–H groups in total. The molecule has 1 aromatic heterocycles. The van der Waals surface area contributed by atoms with Crippen molar-refractivity contribution in [1.29, 1.82) is 0 Å². The first kappa shape index (κ1) is 22.8. The number of esters is 1. The fraction of sp³-hybridized carbons (Fsp3) is 0.200. The van der Waals surface area contributed by atoms with Crippen LogP contribution in [-0.2, 0) is 11.2 Å². The number of hydrogen-bond donors (Lipinski definition) is 0. The lowest BCUT2D eigenvalue weighted by Gasteiger charge is -2.09. The quantitative estimate of drug-likeness (QED) is 0.145. The smallest absolute Gasteiger partial charge is 0.313 e. The van der Waals surface area contributed by atoms with Gasteiger partial charge in [-0.3, -0.25) is 19.7 Å². The Hall–Kier alpha value is -2.92. The van der Waals surface area contributed by atoms with Gasteiger partial charge < -0.3 is 4.74 Å². The highest BCUT2D eigenvalue weighted by Gasteiger charge is 2.21. The van der Waals surface area contributed by atoms with Gasteiger partial charge in [-0.15, -0.1) is 0 Å². The van der Waals surface area contributed by atoms with Crippen molar-refractivity contribution in [2.45, 2.75) is 26.7 Å². The van der Waals surface area contributed by atoms with Gasteiger partial charge in [0.05, 0.1) is 26.5 Å². The number of carbonyl (C=O) groups is 1. The second kappa shape index (κ2) is 9.48. The number of rotatable bonds is 6. The molecule has 0 bridgehead atoms. The second-order valence-electron chi connectivity index (χ2n) is 6.50. The van der Waals surface area contributed by atoms with Crippen LogP contribution >= 0.6 is 31.9 Å². The molecule has 0 saturated heterocycles. The van der Waals surface area contributed by atoms with E-state index in [1.165, 1.54) is 23.0 Å². The van der Waals surface area contributed by atoms with Crippen LogP contribution in [0.2, 0.25) is 0 Å². The third-order valence-electron chi connectivity index (χ3n) is 4.16. The van der Waals surface area contributed by atoms with Crippen molar-refractivity contribution in [3.05, 3.63) is 71.1 Å². The molecule has 0 amide bonds. The number of ether oxygens (including phenoxy) is 1. The van der Waals surface area contributed by atoms with E-state index in [2.05, 4.69) is 41.9 Å². The summed E-state index contributed by atoms with van der Waals surface area (Å²) in [6, 6.07) is 7.94. The van der Waals surface area contributed by atoms with Crippen LogP contribution < -0.4 is 10.3 Å². The van der Waals surface area contributed by atoms with E-state index in [4.69, 9.17) is 4.74 Å². The third-order valence-corrected chi connectivity index (χ3v) is 5.24. The van der Waals surface area contributed by atoms with E-state index < -0.39 is 16.6 Å². The van der Waals surface area contributed by atoms with Crippen LogP contribution in [-0.4, -0.2) is 26.8 Å². The Balaban J connectivity index is 2.13. The Kier molecular flexibility index (Phi) is 6.96. The van der Waals surface area contributed by atoms with Gasteiger partial charge in [0.2, 0.25) is 5.75 Å². The Morgan fingerprint density at radius 2 is 2.06 bits per heavy atom. The summed E-state index contributed by atoms with van der Waals surface area (Å²) in [6.45, 7) is 3.11. The van der Waals surface area contributed by atoms with Gasteiger partial charge in [-0.2, -0.15) is 9.78 Å². The van der Waals surface area contributed by atoms with Gasteiger partial charge in [-0.05, 0) is 46.6 Å². The molecule has 0 atom stereocenters. The van der Waals surface area contributed by atoms with Gasteiger partial charge in [0.1, 0.15) is 5.82 Å². The minimum atomic E-state index is -0.686. The van der Waals surface area contributed by atoms with Crippen molar-refractivity contribution >= 4 is 60.6 Å². The van der Waals surface area contributed by atoms with E-state index in [-0.39, 0.29) is 15.8 Å². The summed E-state index contributed by atoms with van der Waals surface area (Å²) in [5.74, 6) is -0.409. The minimum Gasteiger partial charge on any atom is -0.418 e. The lowest BCUT2D eigenvalue weighted by molar-refractivity contribution is -0.385. The molecule has 160 valence electrons. The van der Waals surface area contributed by atoms with Crippen LogP contribution in [0.25, 0.3) is 10.9 Å². The summed E-state index contributed by atoms with van der Waals surface area (Å²) in [4.78, 5) is 39.6. The van der Waals surface area contributed by atoms with Crippen LogP contribution in [0.5, 0.6) is 5.75 Å². The molecule has 0 radical (unpaired) electrons. The van der Waals surface area contributed by atoms with Gasteiger partial charge in [0, 0.05) is 29.4 Å². The molecule has 0 aliphatic carbocycles. The highest BCUT2D eigenvalue weighted by molar-refractivity contribution is 9.10. The van der Waals surface area contributed by atoms with Crippen LogP contribution in [0, 0.1) is 10.1 Å². The number of nitro benzene ring substituents is 1. The van der Waals surface area contributed by atoms with E-state index >= 15 is 0 Å². The Labute approximate surface area is 193 Å². The lowest BCUT2D eigenvalue weighted by atomic mass is 10.2. The van der Waals surface area contributed by atoms with Crippen LogP contribution in [0.15, 0.2) is 49.2 Å². The molecular formula is C20H16Br2N4O5. The summed E-state index contributed by atoms with van der Waals surface area (Å²) < 4.78 is 7.08. The molecule has 0 aliphatic heterocycles. The van der Waals surface area contributed by atoms with Crippen molar-refractivity contribution in [3.8, 4) is 5.75 Å². The first-order chi connectivity index (χ1) is 14.7. The molecule has 0 unspecified atom stereocenters. The summed E-state index contributed by atoms with van der Waals surface area (Å²) >= 11 is 6.54. The molecule has 1 heterocycles. The topological polar surface area (TPSA) is 117 Å². The zero-order chi connectivity index (χ0) is 22.7. The predicted octanol–water partition coefficient (Wildman–Crippen LogP) is 4.59. The number of halogens is 2. The van der Waals surface area contributed by atoms with Crippen LogP contribution in [0.3, 0.4) is 0 Å². The second-order valence-corrected chi connectivity index (χ2v) is 8.27. The first-order valence-corrected chi connectivity index (χ1v) is 10.7. The third kappa shape index (κ3) is 5.05. The van der Waals surface area contributed by atoms with E-state index in [1.54, 1.807) is 18.2 Å². The fourth-order valence-electron chi connectivity index (χ4n) is 2.88. The molecular weight excluding hydrogens is 536 g/mol.